The quantitative estimate of drug-likeness (QED) is 0.639. The van der Waals surface area contributed by atoms with Gasteiger partial charge in [-0.25, -0.2) is 0 Å². The third-order valence-corrected chi connectivity index (χ3v) is 3.63. The van der Waals surface area contributed by atoms with Crippen LogP contribution in [0.3, 0.4) is 0 Å². The Morgan fingerprint density at radius 2 is 1.72 bits per heavy atom. The minimum atomic E-state index is 1.21. The molecule has 0 spiro atoms. The van der Waals surface area contributed by atoms with E-state index in [1.807, 2.05) is 6.07 Å². The summed E-state index contributed by atoms with van der Waals surface area (Å²) >= 11 is 0. The average Bonchev–Trinajstić information content (AvgIpc) is 2.43. The Hall–Kier alpha value is -1.30. The van der Waals surface area contributed by atoms with Crippen LogP contribution in [0.4, 0.5) is 0 Å². The maximum Gasteiger partial charge on any atom is -0.00991 e. The summed E-state index contributed by atoms with van der Waals surface area (Å²) in [5, 5.41) is 2.68. The maximum atomic E-state index is 3.35. The topological polar surface area (TPSA) is 0 Å². The first-order chi connectivity index (χ1) is 8.86. The molecule has 0 amide bonds. The molecule has 0 atom stereocenters. The van der Waals surface area contributed by atoms with Crippen molar-refractivity contribution < 1.29 is 0 Å². The molecule has 2 rings (SSSR count). The number of benzene rings is 2. The zero-order valence-corrected chi connectivity index (χ0v) is 11.6. The van der Waals surface area contributed by atoms with Crippen LogP contribution < -0.4 is 0 Å². The molecule has 0 aliphatic heterocycles. The van der Waals surface area contributed by atoms with Crippen LogP contribution in [0.5, 0.6) is 0 Å². The normalized spacial score (nSPS) is 11.0. The van der Waals surface area contributed by atoms with Crippen molar-refractivity contribution in [2.24, 2.45) is 0 Å². The number of unbranched alkanes of at least 4 members (excludes halogenated alkanes) is 2. The van der Waals surface area contributed by atoms with Gasteiger partial charge in [-0.05, 0) is 53.6 Å². The van der Waals surface area contributed by atoms with Gasteiger partial charge in [-0.1, -0.05) is 57.0 Å². The molecule has 0 saturated carbocycles. The van der Waals surface area contributed by atoms with Crippen LogP contribution in [-0.2, 0) is 12.8 Å². The van der Waals surface area contributed by atoms with Crippen molar-refractivity contribution in [1.29, 1.82) is 0 Å². The van der Waals surface area contributed by atoms with Gasteiger partial charge in [0, 0.05) is 0 Å². The summed E-state index contributed by atoms with van der Waals surface area (Å²) < 4.78 is 0. The standard InChI is InChI=1S/C18H23/c1-3-5-9-15-13-14-16-10-7-8-12-18(16)17(15)11-6-4-2/h7-8,12-14H,3-6,9,11H2,1-2H3. The summed E-state index contributed by atoms with van der Waals surface area (Å²) in [5.74, 6) is 0. The van der Waals surface area contributed by atoms with Crippen LogP contribution in [0, 0.1) is 6.07 Å². The molecule has 0 N–H and O–H groups in total. The van der Waals surface area contributed by atoms with Gasteiger partial charge in [-0.2, -0.15) is 0 Å². The highest BCUT2D eigenvalue weighted by Crippen LogP contribution is 2.25. The lowest BCUT2D eigenvalue weighted by molar-refractivity contribution is 0.762. The molecule has 0 heteroatoms. The molecule has 0 fully saturated rings. The first-order valence-corrected chi connectivity index (χ1v) is 7.28. The highest BCUT2D eigenvalue weighted by Gasteiger charge is 2.06. The van der Waals surface area contributed by atoms with E-state index in [2.05, 4.69) is 44.2 Å². The van der Waals surface area contributed by atoms with Crippen molar-refractivity contribution in [3.63, 3.8) is 0 Å². The Balaban J connectivity index is 2.41. The maximum absolute atomic E-state index is 3.35. The lowest BCUT2D eigenvalue weighted by Crippen LogP contribution is -1.96. The summed E-state index contributed by atoms with van der Waals surface area (Å²) in [4.78, 5) is 0. The van der Waals surface area contributed by atoms with E-state index in [9.17, 15) is 0 Å². The SMILES string of the molecule is CCCCc1ccc2[c]cccc2c1CCCC. The predicted molar refractivity (Wildman–Crippen MR) is 80.0 cm³/mol. The molecule has 0 saturated heterocycles. The molecule has 0 aliphatic carbocycles. The van der Waals surface area contributed by atoms with E-state index in [0.29, 0.717) is 0 Å². The van der Waals surface area contributed by atoms with E-state index in [0.717, 1.165) is 0 Å². The fourth-order valence-electron chi connectivity index (χ4n) is 2.56. The second-order valence-corrected chi connectivity index (χ2v) is 5.04. The Labute approximate surface area is 111 Å². The molecule has 18 heavy (non-hydrogen) atoms. The largest absolute Gasteiger partial charge is 0.0654 e. The van der Waals surface area contributed by atoms with E-state index >= 15 is 0 Å². The summed E-state index contributed by atoms with van der Waals surface area (Å²) in [6.45, 7) is 4.53. The van der Waals surface area contributed by atoms with E-state index in [1.165, 1.54) is 49.3 Å². The van der Waals surface area contributed by atoms with Crippen molar-refractivity contribution in [2.45, 2.75) is 52.4 Å². The first-order valence-electron chi connectivity index (χ1n) is 7.28. The van der Waals surface area contributed by atoms with Gasteiger partial charge in [0.2, 0.25) is 0 Å². The third-order valence-electron chi connectivity index (χ3n) is 3.63. The Bertz CT molecular complexity index is 496. The second kappa shape index (κ2) is 6.58. The van der Waals surface area contributed by atoms with Crippen LogP contribution in [0.15, 0.2) is 30.3 Å². The van der Waals surface area contributed by atoms with E-state index in [-0.39, 0.29) is 0 Å². The van der Waals surface area contributed by atoms with Gasteiger partial charge in [0.05, 0.1) is 0 Å². The zero-order valence-electron chi connectivity index (χ0n) is 11.6. The monoisotopic (exact) mass is 239 g/mol. The number of rotatable bonds is 6. The van der Waals surface area contributed by atoms with Crippen molar-refractivity contribution >= 4 is 10.8 Å². The average molecular weight is 239 g/mol. The molecule has 95 valence electrons. The molecule has 0 nitrogen and oxygen atoms in total. The molecular weight excluding hydrogens is 216 g/mol. The highest BCUT2D eigenvalue weighted by atomic mass is 14.1. The number of fused-ring (bicyclic) bond motifs is 1. The minimum absolute atomic E-state index is 1.21. The summed E-state index contributed by atoms with van der Waals surface area (Å²) in [7, 11) is 0. The number of hydrogen-bond acceptors (Lipinski definition) is 0. The molecular formula is C18H23. The smallest absolute Gasteiger partial charge is 0.00991 e. The molecule has 2 aromatic carbocycles. The summed E-state index contributed by atoms with van der Waals surface area (Å²) in [6, 6.07) is 14.3. The highest BCUT2D eigenvalue weighted by molar-refractivity contribution is 5.86. The van der Waals surface area contributed by atoms with Gasteiger partial charge in [0.15, 0.2) is 0 Å². The molecule has 1 radical (unpaired) electrons. The second-order valence-electron chi connectivity index (χ2n) is 5.04. The molecule has 0 aliphatic rings. The lowest BCUT2D eigenvalue weighted by atomic mass is 9.92. The van der Waals surface area contributed by atoms with E-state index in [1.54, 1.807) is 11.1 Å². The lowest BCUT2D eigenvalue weighted by Gasteiger charge is -2.12. The van der Waals surface area contributed by atoms with Crippen LogP contribution in [0.25, 0.3) is 10.8 Å². The number of aryl methyl sites for hydroxylation is 2. The van der Waals surface area contributed by atoms with Crippen molar-refractivity contribution in [3.8, 4) is 0 Å². The fourth-order valence-corrected chi connectivity index (χ4v) is 2.56. The van der Waals surface area contributed by atoms with Crippen molar-refractivity contribution in [1.82, 2.24) is 0 Å². The van der Waals surface area contributed by atoms with Gasteiger partial charge in [0.1, 0.15) is 0 Å². The van der Waals surface area contributed by atoms with E-state index < -0.39 is 0 Å². The first kappa shape index (κ1) is 13.1. The Kier molecular flexibility index (Phi) is 4.81. The van der Waals surface area contributed by atoms with Gasteiger partial charge in [-0.3, -0.25) is 0 Å². The van der Waals surface area contributed by atoms with Gasteiger partial charge in [0.25, 0.3) is 0 Å². The van der Waals surface area contributed by atoms with E-state index in [4.69, 9.17) is 0 Å². The molecule has 2 aromatic rings. The van der Waals surface area contributed by atoms with Crippen LogP contribution in [0.2, 0.25) is 0 Å². The van der Waals surface area contributed by atoms with Crippen LogP contribution in [0.1, 0.15) is 50.7 Å². The molecule has 0 aromatic heterocycles. The van der Waals surface area contributed by atoms with Crippen LogP contribution >= 0.6 is 0 Å². The minimum Gasteiger partial charge on any atom is -0.0654 e. The van der Waals surface area contributed by atoms with Gasteiger partial charge < -0.3 is 0 Å². The van der Waals surface area contributed by atoms with Gasteiger partial charge >= 0.3 is 0 Å². The Morgan fingerprint density at radius 3 is 2.50 bits per heavy atom. The van der Waals surface area contributed by atoms with Gasteiger partial charge in [-0.15, -0.1) is 0 Å². The van der Waals surface area contributed by atoms with Crippen LogP contribution in [-0.4, -0.2) is 0 Å². The van der Waals surface area contributed by atoms with Crippen molar-refractivity contribution in [3.05, 3.63) is 47.5 Å². The Morgan fingerprint density at radius 1 is 0.944 bits per heavy atom. The number of hydrogen-bond donors (Lipinski definition) is 0. The summed E-state index contributed by atoms with van der Waals surface area (Å²) in [5.41, 5.74) is 3.12. The molecule has 0 unspecified atom stereocenters. The van der Waals surface area contributed by atoms with Crippen molar-refractivity contribution in [2.75, 3.05) is 0 Å². The molecule has 0 bridgehead atoms. The summed E-state index contributed by atoms with van der Waals surface area (Å²) in [6.07, 6.45) is 7.55. The third kappa shape index (κ3) is 2.93. The fraction of sp³-hybridized carbons (Fsp3) is 0.444. The predicted octanol–water partition coefficient (Wildman–Crippen LogP) is 5.33. The molecule has 0 heterocycles. The zero-order chi connectivity index (χ0) is 12.8.